The molecule has 1 fully saturated rings. The summed E-state index contributed by atoms with van der Waals surface area (Å²) in [6.07, 6.45) is -4.77. The lowest BCUT2D eigenvalue weighted by atomic mass is 9.73. The summed E-state index contributed by atoms with van der Waals surface area (Å²) in [5.74, 6) is -0.734. The molecule has 6 nitrogen and oxygen atoms in total. The number of carbonyl (C=O) groups is 2. The predicted molar refractivity (Wildman–Crippen MR) is 100 cm³/mol. The van der Waals surface area contributed by atoms with Crippen LogP contribution in [0.5, 0.6) is 0 Å². The number of fused-ring (bicyclic) bond motifs is 1. The zero-order valence-electron chi connectivity index (χ0n) is 16.6. The van der Waals surface area contributed by atoms with Crippen LogP contribution in [-0.2, 0) is 16.0 Å². The van der Waals surface area contributed by atoms with Crippen LogP contribution in [0.1, 0.15) is 32.8 Å². The Labute approximate surface area is 167 Å². The number of hydrogen-bond acceptors (Lipinski definition) is 4. The Balaban J connectivity index is 1.92. The van der Waals surface area contributed by atoms with Crippen molar-refractivity contribution in [2.45, 2.75) is 45.4 Å². The van der Waals surface area contributed by atoms with Crippen molar-refractivity contribution < 1.29 is 27.5 Å². The monoisotopic (exact) mass is 411 g/mol. The first-order valence-electron chi connectivity index (χ1n) is 9.38. The summed E-state index contributed by atoms with van der Waals surface area (Å²) in [4.78, 5) is 27.1. The molecule has 1 saturated heterocycles. The highest BCUT2D eigenvalue weighted by molar-refractivity contribution is 6.13. The lowest BCUT2D eigenvalue weighted by Crippen LogP contribution is -2.56. The first-order valence-corrected chi connectivity index (χ1v) is 9.38. The molecule has 2 heterocycles. The second kappa shape index (κ2) is 7.35. The van der Waals surface area contributed by atoms with Crippen LogP contribution in [0.15, 0.2) is 35.4 Å². The molecule has 0 aromatic heterocycles. The van der Waals surface area contributed by atoms with E-state index in [0.717, 1.165) is 5.56 Å². The third-order valence-electron chi connectivity index (χ3n) is 4.85. The molecule has 0 spiro atoms. The van der Waals surface area contributed by atoms with Gasteiger partial charge in [-0.15, -0.1) is 0 Å². The van der Waals surface area contributed by atoms with E-state index in [1.807, 2.05) is 6.07 Å². The van der Waals surface area contributed by atoms with Gasteiger partial charge in [0.2, 0.25) is 0 Å². The molecule has 0 saturated carbocycles. The van der Waals surface area contributed by atoms with Gasteiger partial charge in [0.25, 0.3) is 5.91 Å². The number of hydrazone groups is 1. The maximum atomic E-state index is 13.1. The molecule has 0 unspecified atom stereocenters. The smallest absolute Gasteiger partial charge is 0.410 e. The third kappa shape index (κ3) is 4.71. The van der Waals surface area contributed by atoms with Crippen molar-refractivity contribution in [3.63, 3.8) is 0 Å². The fourth-order valence-corrected chi connectivity index (χ4v) is 3.69. The Bertz CT molecular complexity index is 818. The Morgan fingerprint density at radius 2 is 1.86 bits per heavy atom. The van der Waals surface area contributed by atoms with Crippen molar-refractivity contribution in [2.75, 3.05) is 19.6 Å². The Hall–Kier alpha value is -2.58. The fraction of sp³-hybridized carbons (Fsp3) is 0.550. The molecule has 0 bridgehead atoms. The normalized spacial score (nSPS) is 22.4. The number of halogens is 3. The molecule has 0 N–H and O–H groups in total. The van der Waals surface area contributed by atoms with E-state index in [4.69, 9.17) is 4.74 Å². The number of rotatable bonds is 3. The van der Waals surface area contributed by atoms with Crippen LogP contribution in [0.4, 0.5) is 18.0 Å². The Morgan fingerprint density at radius 1 is 1.21 bits per heavy atom. The van der Waals surface area contributed by atoms with E-state index >= 15 is 0 Å². The molecule has 29 heavy (non-hydrogen) atoms. The molecule has 1 aromatic rings. The van der Waals surface area contributed by atoms with Gasteiger partial charge in [-0.25, -0.2) is 9.80 Å². The predicted octanol–water partition coefficient (Wildman–Crippen LogP) is 3.62. The largest absolute Gasteiger partial charge is 0.444 e. The number of hydrogen-bond donors (Lipinski definition) is 0. The fourth-order valence-electron chi connectivity index (χ4n) is 3.69. The molecular weight excluding hydrogens is 387 g/mol. The highest BCUT2D eigenvalue weighted by Crippen LogP contribution is 2.40. The van der Waals surface area contributed by atoms with Gasteiger partial charge < -0.3 is 9.64 Å². The molecule has 2 aliphatic heterocycles. The molecule has 0 aliphatic carbocycles. The molecule has 158 valence electrons. The van der Waals surface area contributed by atoms with Gasteiger partial charge in [-0.05, 0) is 32.8 Å². The highest BCUT2D eigenvalue weighted by atomic mass is 19.4. The second-order valence-corrected chi connectivity index (χ2v) is 8.42. The average Bonchev–Trinajstić information content (AvgIpc) is 2.84. The molecule has 1 aromatic carbocycles. The van der Waals surface area contributed by atoms with Gasteiger partial charge >= 0.3 is 12.3 Å². The highest BCUT2D eigenvalue weighted by Gasteiger charge is 2.56. The van der Waals surface area contributed by atoms with Gasteiger partial charge in [0.05, 0.1) is 5.71 Å². The third-order valence-corrected chi connectivity index (χ3v) is 4.85. The lowest BCUT2D eigenvalue weighted by Gasteiger charge is -2.39. The molecule has 2 aliphatic rings. The van der Waals surface area contributed by atoms with E-state index in [1.54, 1.807) is 45.0 Å². The molecule has 0 radical (unpaired) electrons. The topological polar surface area (TPSA) is 62.2 Å². The Kier molecular flexibility index (Phi) is 5.36. The van der Waals surface area contributed by atoms with Crippen molar-refractivity contribution in [3.05, 3.63) is 35.9 Å². The van der Waals surface area contributed by atoms with E-state index in [-0.39, 0.29) is 25.9 Å². The van der Waals surface area contributed by atoms with E-state index in [2.05, 4.69) is 5.10 Å². The number of ether oxygens (including phenoxy) is 1. The SMILES string of the molecule is CC(C)(C)OC(=O)N1CCC2=NN(CC(F)(F)F)C(=O)[C@@]2(Cc2ccccc2)C1. The standard InChI is InChI=1S/C20H24F3N3O3/c1-18(2,3)29-17(28)25-10-9-15-19(12-25,11-14-7-5-4-6-8-14)16(27)26(24-15)13-20(21,22)23/h4-8H,9-13H2,1-3H3/t19-/m0/s1. The summed E-state index contributed by atoms with van der Waals surface area (Å²) in [5.41, 5.74) is -0.870. The number of benzene rings is 1. The summed E-state index contributed by atoms with van der Waals surface area (Å²) in [5, 5.41) is 4.51. The van der Waals surface area contributed by atoms with Crippen LogP contribution >= 0.6 is 0 Å². The summed E-state index contributed by atoms with van der Waals surface area (Å²) in [6.45, 7) is 3.91. The molecule has 3 rings (SSSR count). The van der Waals surface area contributed by atoms with Crippen LogP contribution in [0.3, 0.4) is 0 Å². The van der Waals surface area contributed by atoms with Gasteiger partial charge in [-0.2, -0.15) is 18.3 Å². The van der Waals surface area contributed by atoms with Crippen LogP contribution < -0.4 is 0 Å². The first-order chi connectivity index (χ1) is 13.4. The molecule has 9 heteroatoms. The van der Waals surface area contributed by atoms with Crippen molar-refractivity contribution >= 4 is 17.7 Å². The van der Waals surface area contributed by atoms with Crippen molar-refractivity contribution in [1.29, 1.82) is 0 Å². The van der Waals surface area contributed by atoms with Gasteiger partial charge in [0, 0.05) is 19.5 Å². The molecular formula is C20H24F3N3O3. The lowest BCUT2D eigenvalue weighted by molar-refractivity contribution is -0.163. The Morgan fingerprint density at radius 3 is 2.45 bits per heavy atom. The van der Waals surface area contributed by atoms with Crippen LogP contribution in [0.25, 0.3) is 0 Å². The van der Waals surface area contributed by atoms with Crippen LogP contribution in [-0.4, -0.2) is 59.0 Å². The average molecular weight is 411 g/mol. The minimum Gasteiger partial charge on any atom is -0.444 e. The summed E-state index contributed by atoms with van der Waals surface area (Å²) < 4.78 is 44.3. The van der Waals surface area contributed by atoms with E-state index < -0.39 is 35.7 Å². The minimum atomic E-state index is -4.56. The van der Waals surface area contributed by atoms with Crippen LogP contribution in [0, 0.1) is 5.41 Å². The van der Waals surface area contributed by atoms with Crippen molar-refractivity contribution in [2.24, 2.45) is 10.5 Å². The first kappa shape index (κ1) is 21.1. The number of piperidine rings is 1. The number of alkyl halides is 3. The van der Waals surface area contributed by atoms with E-state index in [1.165, 1.54) is 4.90 Å². The second-order valence-electron chi connectivity index (χ2n) is 8.42. The zero-order valence-corrected chi connectivity index (χ0v) is 16.6. The van der Waals surface area contributed by atoms with Gasteiger partial charge in [0.15, 0.2) is 0 Å². The summed E-state index contributed by atoms with van der Waals surface area (Å²) >= 11 is 0. The number of amides is 2. The molecule has 1 atom stereocenters. The zero-order chi connectivity index (χ0) is 21.4. The summed E-state index contributed by atoms with van der Waals surface area (Å²) in [7, 11) is 0. The van der Waals surface area contributed by atoms with Crippen LogP contribution in [0.2, 0.25) is 0 Å². The summed E-state index contributed by atoms with van der Waals surface area (Å²) in [6, 6.07) is 9.02. The minimum absolute atomic E-state index is 0.0666. The number of nitrogens with zero attached hydrogens (tertiary/aromatic N) is 3. The van der Waals surface area contributed by atoms with E-state index in [0.29, 0.717) is 10.7 Å². The maximum Gasteiger partial charge on any atom is 0.410 e. The van der Waals surface area contributed by atoms with Gasteiger partial charge in [-0.3, -0.25) is 4.79 Å². The maximum absolute atomic E-state index is 13.1. The quantitative estimate of drug-likeness (QED) is 0.763. The van der Waals surface area contributed by atoms with Crippen molar-refractivity contribution in [1.82, 2.24) is 9.91 Å². The number of likely N-dealkylation sites (tertiary alicyclic amines) is 1. The van der Waals surface area contributed by atoms with Gasteiger partial charge in [0.1, 0.15) is 17.6 Å². The van der Waals surface area contributed by atoms with Gasteiger partial charge in [-0.1, -0.05) is 30.3 Å². The number of carbonyl (C=O) groups excluding carboxylic acids is 2. The van der Waals surface area contributed by atoms with Crippen molar-refractivity contribution in [3.8, 4) is 0 Å². The molecule has 2 amide bonds. The van der Waals surface area contributed by atoms with E-state index in [9.17, 15) is 22.8 Å².